The summed E-state index contributed by atoms with van der Waals surface area (Å²) in [6.07, 6.45) is 2.52. The second-order valence-corrected chi connectivity index (χ2v) is 11.2. The first-order valence-electron chi connectivity index (χ1n) is 11.2. The molecule has 31 heavy (non-hydrogen) atoms. The zero-order valence-electron chi connectivity index (χ0n) is 19.4. The fourth-order valence-electron chi connectivity index (χ4n) is 4.02. The topological polar surface area (TPSA) is 83.1 Å². The molecule has 0 spiro atoms. The normalized spacial score (nSPS) is 16.7. The number of rotatable bonds is 15. The van der Waals surface area contributed by atoms with Crippen molar-refractivity contribution in [3.63, 3.8) is 0 Å². The van der Waals surface area contributed by atoms with Gasteiger partial charge in [-0.3, -0.25) is 9.13 Å². The van der Waals surface area contributed by atoms with Gasteiger partial charge in [0.2, 0.25) is 0 Å². The van der Waals surface area contributed by atoms with Crippen LogP contribution in [0.2, 0.25) is 0 Å². The van der Waals surface area contributed by atoms with Gasteiger partial charge in [0.25, 0.3) is 0 Å². The number of hydrogen-bond acceptors (Lipinski definition) is 7. The van der Waals surface area contributed by atoms with Crippen LogP contribution in [0.1, 0.15) is 63.7 Å². The minimum absolute atomic E-state index is 0.213. The van der Waals surface area contributed by atoms with Crippen molar-refractivity contribution in [3.05, 3.63) is 40.7 Å². The molecule has 1 unspecified atom stereocenters. The van der Waals surface area contributed by atoms with Gasteiger partial charge in [-0.2, -0.15) is 0 Å². The van der Waals surface area contributed by atoms with Crippen molar-refractivity contribution >= 4 is 20.8 Å². The minimum atomic E-state index is -3.73. The molecule has 7 nitrogen and oxygen atoms in total. The van der Waals surface area contributed by atoms with Gasteiger partial charge in [0, 0.05) is 0 Å². The lowest BCUT2D eigenvalue weighted by atomic mass is 10.0. The Bertz CT molecular complexity index is 821. The Morgan fingerprint density at radius 3 is 2.00 bits per heavy atom. The molecule has 9 heteroatoms. The Balaban J connectivity index is 2.73. The van der Waals surface area contributed by atoms with Crippen LogP contribution in [-0.2, 0) is 27.2 Å². The molecule has 1 aliphatic rings. The number of benzene rings is 1. The zero-order chi connectivity index (χ0) is 22.9. The van der Waals surface area contributed by atoms with E-state index in [1.54, 1.807) is 27.7 Å². The van der Waals surface area contributed by atoms with E-state index in [9.17, 15) is 9.13 Å². The van der Waals surface area contributed by atoms with Gasteiger partial charge in [-0.05, 0) is 77.2 Å². The van der Waals surface area contributed by atoms with Crippen LogP contribution in [0.3, 0.4) is 0 Å². The summed E-state index contributed by atoms with van der Waals surface area (Å²) in [5, 5.41) is 3.59. The molecular formula is C22H37NO6P2. The van der Waals surface area contributed by atoms with Crippen molar-refractivity contribution in [2.45, 2.75) is 52.6 Å². The Hall–Kier alpha value is -0.780. The second kappa shape index (κ2) is 12.5. The van der Waals surface area contributed by atoms with Gasteiger partial charge in [0.05, 0.1) is 31.7 Å². The van der Waals surface area contributed by atoms with Crippen molar-refractivity contribution in [1.29, 1.82) is 0 Å². The highest BCUT2D eigenvalue weighted by Gasteiger charge is 2.52. The van der Waals surface area contributed by atoms with E-state index in [1.165, 1.54) is 0 Å². The molecule has 1 N–H and O–H groups in total. The van der Waals surface area contributed by atoms with E-state index in [0.717, 1.165) is 36.1 Å². The molecule has 1 atom stereocenters. The van der Waals surface area contributed by atoms with E-state index in [1.807, 2.05) is 31.3 Å². The first-order valence-corrected chi connectivity index (χ1v) is 14.3. The highest BCUT2D eigenvalue weighted by Crippen LogP contribution is 2.77. The zero-order valence-corrected chi connectivity index (χ0v) is 21.2. The van der Waals surface area contributed by atoms with Gasteiger partial charge in [0.1, 0.15) is 5.66 Å². The van der Waals surface area contributed by atoms with Crippen LogP contribution in [0.5, 0.6) is 0 Å². The maximum absolute atomic E-state index is 14.1. The van der Waals surface area contributed by atoms with Gasteiger partial charge in [0.15, 0.2) is 0 Å². The third-order valence-electron chi connectivity index (χ3n) is 5.08. The minimum Gasteiger partial charge on any atom is -0.320 e. The van der Waals surface area contributed by atoms with Crippen LogP contribution in [0.25, 0.3) is 5.57 Å². The van der Waals surface area contributed by atoms with Gasteiger partial charge >= 0.3 is 15.2 Å². The molecular weight excluding hydrogens is 436 g/mol. The summed E-state index contributed by atoms with van der Waals surface area (Å²) in [6, 6.07) is 7.72. The van der Waals surface area contributed by atoms with Crippen molar-refractivity contribution in [2.24, 2.45) is 0 Å². The summed E-state index contributed by atoms with van der Waals surface area (Å²) in [4.78, 5) is 0. The molecule has 0 saturated carbocycles. The molecule has 0 heterocycles. The highest BCUT2D eigenvalue weighted by atomic mass is 31.2. The molecule has 0 saturated heterocycles. The van der Waals surface area contributed by atoms with E-state index in [0.29, 0.717) is 11.7 Å². The van der Waals surface area contributed by atoms with Crippen LogP contribution in [-0.4, -0.2) is 40.0 Å². The Morgan fingerprint density at radius 1 is 0.871 bits per heavy atom. The lowest BCUT2D eigenvalue weighted by Gasteiger charge is -2.29. The molecule has 2 rings (SSSR count). The lowest BCUT2D eigenvalue weighted by molar-refractivity contribution is 0.209. The quantitative estimate of drug-likeness (QED) is 0.234. The smallest absolute Gasteiger partial charge is 0.320 e. The maximum Gasteiger partial charge on any atom is 0.358 e. The monoisotopic (exact) mass is 473 g/mol. The van der Waals surface area contributed by atoms with Crippen LogP contribution >= 0.6 is 15.2 Å². The summed E-state index contributed by atoms with van der Waals surface area (Å²) in [7, 11) is -5.49. The van der Waals surface area contributed by atoms with Crippen molar-refractivity contribution in [1.82, 2.24) is 5.32 Å². The number of fused-ring (bicyclic) bond motifs is 1. The van der Waals surface area contributed by atoms with Crippen molar-refractivity contribution < 1.29 is 27.2 Å². The predicted octanol–water partition coefficient (Wildman–Crippen LogP) is 6.37. The predicted molar refractivity (Wildman–Crippen MR) is 126 cm³/mol. The molecule has 0 fully saturated rings. The van der Waals surface area contributed by atoms with E-state index >= 15 is 0 Å². The van der Waals surface area contributed by atoms with Crippen molar-refractivity contribution in [2.75, 3.05) is 40.0 Å². The van der Waals surface area contributed by atoms with E-state index in [2.05, 4.69) is 5.32 Å². The second-order valence-electron chi connectivity index (χ2n) is 7.12. The third kappa shape index (κ3) is 5.97. The molecule has 1 aromatic rings. The van der Waals surface area contributed by atoms with Crippen LogP contribution < -0.4 is 5.32 Å². The molecule has 176 valence electrons. The molecule has 0 amide bonds. The molecule has 1 aliphatic carbocycles. The van der Waals surface area contributed by atoms with E-state index in [-0.39, 0.29) is 26.4 Å². The number of nitrogens with one attached hydrogen (secondary N) is 1. The number of allylic oxidation sites excluding steroid dienone is 2. The summed E-state index contributed by atoms with van der Waals surface area (Å²) < 4.78 is 51.1. The Morgan fingerprint density at radius 2 is 1.45 bits per heavy atom. The van der Waals surface area contributed by atoms with Crippen LogP contribution in [0.4, 0.5) is 0 Å². The lowest BCUT2D eigenvalue weighted by Crippen LogP contribution is -2.10. The Kier molecular flexibility index (Phi) is 10.6. The number of hydrogen-bond donors (Lipinski definition) is 1. The van der Waals surface area contributed by atoms with Gasteiger partial charge in [-0.15, -0.1) is 0 Å². The van der Waals surface area contributed by atoms with Gasteiger partial charge in [-0.1, -0.05) is 24.3 Å². The SMILES string of the molecule is CCOP(=O)(OCC)C1=C(CCCCNC)c2ccccc2C1P(=O)(OCC)OCC. The first kappa shape index (κ1) is 26.5. The summed E-state index contributed by atoms with van der Waals surface area (Å²) in [5.74, 6) is 0. The van der Waals surface area contributed by atoms with Crippen LogP contribution in [0.15, 0.2) is 29.6 Å². The van der Waals surface area contributed by atoms with Gasteiger partial charge in [-0.25, -0.2) is 0 Å². The average Bonchev–Trinajstić information content (AvgIpc) is 3.08. The van der Waals surface area contributed by atoms with Crippen molar-refractivity contribution in [3.8, 4) is 0 Å². The molecule has 0 radical (unpaired) electrons. The molecule has 1 aromatic carbocycles. The molecule has 0 aliphatic heterocycles. The van der Waals surface area contributed by atoms with Crippen LogP contribution in [0, 0.1) is 0 Å². The number of unbranched alkanes of at least 4 members (excludes halogenated alkanes) is 1. The summed E-state index contributed by atoms with van der Waals surface area (Å²) in [5.41, 5.74) is 1.78. The third-order valence-corrected chi connectivity index (χ3v) is 10.0. The summed E-state index contributed by atoms with van der Waals surface area (Å²) in [6.45, 7) is 8.86. The van der Waals surface area contributed by atoms with Gasteiger partial charge < -0.3 is 23.4 Å². The fraction of sp³-hybridized carbons (Fsp3) is 0.636. The fourth-order valence-corrected chi connectivity index (χ4v) is 9.02. The van der Waals surface area contributed by atoms with E-state index in [4.69, 9.17) is 18.1 Å². The molecule has 0 bridgehead atoms. The standard InChI is InChI=1S/C22H37NO6P2/c1-6-26-30(24,27-7-2)21-19-15-11-10-14-18(19)20(16-12-13-17-23-5)22(21)31(25,28-8-3)29-9-4/h10-11,14-15,21,23H,6-9,12-13,16-17H2,1-5H3. The summed E-state index contributed by atoms with van der Waals surface area (Å²) >= 11 is 0. The average molecular weight is 473 g/mol. The Labute approximate surface area is 187 Å². The highest BCUT2D eigenvalue weighted by molar-refractivity contribution is 7.62. The van der Waals surface area contributed by atoms with E-state index < -0.39 is 20.9 Å². The molecule has 0 aromatic heterocycles. The first-order chi connectivity index (χ1) is 14.9. The maximum atomic E-state index is 14.1. The largest absolute Gasteiger partial charge is 0.358 e.